The fourth-order valence-electron chi connectivity index (χ4n) is 1.31. The van der Waals surface area contributed by atoms with Crippen LogP contribution in [0.15, 0.2) is 0 Å². The van der Waals surface area contributed by atoms with E-state index in [-0.39, 0.29) is 0 Å². The van der Waals surface area contributed by atoms with Crippen LogP contribution in [-0.2, 0) is 0 Å². The molecule has 0 amide bonds. The number of rotatable bonds is 2. The van der Waals surface area contributed by atoms with Gasteiger partial charge in [-0.15, -0.1) is 11.6 Å². The fraction of sp³-hybridized carbons (Fsp3) is 1.00. The normalized spacial score (nSPS) is 28.8. The number of halogens is 2. The van der Waals surface area contributed by atoms with Crippen LogP contribution in [0.2, 0.25) is 0 Å². The average Bonchev–Trinajstić information content (AvgIpc) is 1.94. The van der Waals surface area contributed by atoms with Crippen LogP contribution >= 0.6 is 34.2 Å². The summed E-state index contributed by atoms with van der Waals surface area (Å²) in [6.45, 7) is 2.31. The Kier molecular flexibility index (Phi) is 4.33. The van der Waals surface area contributed by atoms with Gasteiger partial charge in [0, 0.05) is 12.4 Å². The van der Waals surface area contributed by atoms with Gasteiger partial charge in [0.1, 0.15) is 0 Å². The highest BCUT2D eigenvalue weighted by Gasteiger charge is 2.17. The second-order valence-electron chi connectivity index (χ2n) is 2.66. The minimum Gasteiger partial charge on any atom is -0.290 e. The Bertz CT molecular complexity index is 97.6. The van der Waals surface area contributed by atoms with Gasteiger partial charge in [-0.2, -0.15) is 0 Å². The van der Waals surface area contributed by atoms with E-state index < -0.39 is 0 Å². The third-order valence-electron chi connectivity index (χ3n) is 1.91. The van der Waals surface area contributed by atoms with E-state index in [9.17, 15) is 0 Å². The lowest BCUT2D eigenvalue weighted by molar-refractivity contribution is 0.228. The highest BCUT2D eigenvalue weighted by Crippen LogP contribution is 2.21. The van der Waals surface area contributed by atoms with Crippen molar-refractivity contribution >= 4 is 34.2 Å². The zero-order valence-corrected chi connectivity index (χ0v) is 8.94. The van der Waals surface area contributed by atoms with Gasteiger partial charge < -0.3 is 0 Å². The molecular formula is C7H13ClIN. The van der Waals surface area contributed by atoms with Crippen LogP contribution in [0.3, 0.4) is 0 Å². The van der Waals surface area contributed by atoms with Crippen LogP contribution < -0.4 is 0 Å². The van der Waals surface area contributed by atoms with Gasteiger partial charge in [0.05, 0.1) is 4.05 Å². The average molecular weight is 274 g/mol. The zero-order chi connectivity index (χ0) is 7.40. The molecule has 1 nitrogen and oxygen atoms in total. The second kappa shape index (κ2) is 4.78. The molecule has 0 saturated carbocycles. The summed E-state index contributed by atoms with van der Waals surface area (Å²) >= 11 is 8.16. The van der Waals surface area contributed by atoms with Crippen LogP contribution in [0.25, 0.3) is 0 Å². The standard InChI is InChI=1S/C7H13ClIN/c8-4-6-10-5-2-1-3-7(10)9/h7H,1-6H2. The smallest absolute Gasteiger partial charge is 0.0618 e. The van der Waals surface area contributed by atoms with Crippen LogP contribution in [0, 0.1) is 0 Å². The number of nitrogens with zero attached hydrogens (tertiary/aromatic N) is 1. The van der Waals surface area contributed by atoms with E-state index >= 15 is 0 Å². The first-order valence-electron chi connectivity index (χ1n) is 3.78. The van der Waals surface area contributed by atoms with Crippen molar-refractivity contribution in [3.05, 3.63) is 0 Å². The van der Waals surface area contributed by atoms with Crippen molar-refractivity contribution in [2.24, 2.45) is 0 Å². The van der Waals surface area contributed by atoms with Gasteiger partial charge in [0.15, 0.2) is 0 Å². The van der Waals surface area contributed by atoms with Gasteiger partial charge in [0.25, 0.3) is 0 Å². The molecule has 1 fully saturated rings. The van der Waals surface area contributed by atoms with Crippen molar-refractivity contribution in [1.82, 2.24) is 4.90 Å². The Hall–Kier alpha value is 0.980. The molecule has 3 heteroatoms. The lowest BCUT2D eigenvalue weighted by Crippen LogP contribution is -2.36. The molecule has 1 unspecified atom stereocenters. The number of alkyl halides is 2. The van der Waals surface area contributed by atoms with E-state index in [1.54, 1.807) is 0 Å². The van der Waals surface area contributed by atoms with Crippen molar-refractivity contribution in [3.63, 3.8) is 0 Å². The summed E-state index contributed by atoms with van der Waals surface area (Å²) in [4.78, 5) is 2.47. The molecule has 1 saturated heterocycles. The van der Waals surface area contributed by atoms with E-state index in [0.717, 1.165) is 16.5 Å². The summed E-state index contributed by atoms with van der Waals surface area (Å²) in [7, 11) is 0. The predicted octanol–water partition coefficient (Wildman–Crippen LogP) is 2.47. The highest BCUT2D eigenvalue weighted by molar-refractivity contribution is 14.1. The zero-order valence-electron chi connectivity index (χ0n) is 6.02. The molecule has 1 atom stereocenters. The Morgan fingerprint density at radius 3 is 2.90 bits per heavy atom. The Morgan fingerprint density at radius 2 is 2.30 bits per heavy atom. The maximum atomic E-state index is 5.66. The quantitative estimate of drug-likeness (QED) is 0.424. The first kappa shape index (κ1) is 9.07. The molecule has 1 heterocycles. The number of hydrogen-bond donors (Lipinski definition) is 0. The van der Waals surface area contributed by atoms with Crippen molar-refractivity contribution in [3.8, 4) is 0 Å². The van der Waals surface area contributed by atoms with Crippen LogP contribution in [-0.4, -0.2) is 27.9 Å². The minimum absolute atomic E-state index is 0.741. The maximum Gasteiger partial charge on any atom is 0.0618 e. The van der Waals surface area contributed by atoms with E-state index in [4.69, 9.17) is 11.6 Å². The lowest BCUT2D eigenvalue weighted by atomic mass is 10.1. The molecule has 1 aliphatic rings. The second-order valence-corrected chi connectivity index (χ2v) is 4.47. The van der Waals surface area contributed by atoms with Gasteiger partial charge in [-0.3, -0.25) is 4.90 Å². The first-order chi connectivity index (χ1) is 4.84. The largest absolute Gasteiger partial charge is 0.290 e. The molecule has 1 aliphatic heterocycles. The van der Waals surface area contributed by atoms with E-state index in [0.29, 0.717) is 0 Å². The van der Waals surface area contributed by atoms with Crippen LogP contribution in [0.4, 0.5) is 0 Å². The molecule has 0 radical (unpaired) electrons. The van der Waals surface area contributed by atoms with Crippen molar-refractivity contribution in [2.45, 2.75) is 23.3 Å². The van der Waals surface area contributed by atoms with Gasteiger partial charge >= 0.3 is 0 Å². The topological polar surface area (TPSA) is 3.24 Å². The monoisotopic (exact) mass is 273 g/mol. The summed E-state index contributed by atoms with van der Waals surface area (Å²) in [6.07, 6.45) is 4.10. The number of piperidine rings is 1. The van der Waals surface area contributed by atoms with Gasteiger partial charge in [-0.1, -0.05) is 22.6 Å². The summed E-state index contributed by atoms with van der Waals surface area (Å²) < 4.78 is 0.741. The van der Waals surface area contributed by atoms with Crippen LogP contribution in [0.1, 0.15) is 19.3 Å². The molecule has 0 bridgehead atoms. The summed E-state index contributed by atoms with van der Waals surface area (Å²) in [5.41, 5.74) is 0. The molecule has 0 aromatic heterocycles. The van der Waals surface area contributed by atoms with Gasteiger partial charge in [-0.25, -0.2) is 0 Å². The molecule has 10 heavy (non-hydrogen) atoms. The predicted molar refractivity (Wildman–Crippen MR) is 54.0 cm³/mol. The lowest BCUT2D eigenvalue weighted by Gasteiger charge is -2.31. The molecule has 0 aromatic carbocycles. The maximum absolute atomic E-state index is 5.66. The number of likely N-dealkylation sites (tertiary alicyclic amines) is 1. The van der Waals surface area contributed by atoms with Gasteiger partial charge in [0.2, 0.25) is 0 Å². The third kappa shape index (κ3) is 2.55. The van der Waals surface area contributed by atoms with Crippen molar-refractivity contribution in [2.75, 3.05) is 19.0 Å². The molecule has 0 aliphatic carbocycles. The summed E-state index contributed by atoms with van der Waals surface area (Å²) in [5.74, 6) is 0.777. The fourth-order valence-corrected chi connectivity index (χ4v) is 2.53. The molecule has 0 N–H and O–H groups in total. The molecular weight excluding hydrogens is 260 g/mol. The number of hydrogen-bond acceptors (Lipinski definition) is 1. The molecule has 0 spiro atoms. The van der Waals surface area contributed by atoms with E-state index in [1.807, 2.05) is 0 Å². The van der Waals surface area contributed by atoms with Crippen molar-refractivity contribution < 1.29 is 0 Å². The van der Waals surface area contributed by atoms with E-state index in [1.165, 1.54) is 25.8 Å². The molecule has 60 valence electrons. The Balaban J connectivity index is 2.25. The third-order valence-corrected chi connectivity index (χ3v) is 3.49. The highest BCUT2D eigenvalue weighted by atomic mass is 127. The SMILES string of the molecule is ClCCN1CCCCC1I. The molecule has 0 aromatic rings. The first-order valence-corrected chi connectivity index (χ1v) is 5.56. The molecule has 1 rings (SSSR count). The Morgan fingerprint density at radius 1 is 1.50 bits per heavy atom. The van der Waals surface area contributed by atoms with Crippen molar-refractivity contribution in [1.29, 1.82) is 0 Å². The van der Waals surface area contributed by atoms with E-state index in [2.05, 4.69) is 27.5 Å². The summed E-state index contributed by atoms with van der Waals surface area (Å²) in [6, 6.07) is 0. The summed E-state index contributed by atoms with van der Waals surface area (Å²) in [5, 5.41) is 0. The van der Waals surface area contributed by atoms with Gasteiger partial charge in [-0.05, 0) is 25.8 Å². The minimum atomic E-state index is 0.741. The van der Waals surface area contributed by atoms with Crippen LogP contribution in [0.5, 0.6) is 0 Å². The Labute approximate surface area is 81.2 Å².